The van der Waals surface area contributed by atoms with Crippen LogP contribution in [0.5, 0.6) is 0 Å². The molecule has 2 atom stereocenters. The molecule has 4 nitrogen and oxygen atoms in total. The second-order valence-corrected chi connectivity index (χ2v) is 4.79. The fourth-order valence-electron chi connectivity index (χ4n) is 2.46. The van der Waals surface area contributed by atoms with Crippen LogP contribution >= 0.6 is 0 Å². The third-order valence-electron chi connectivity index (χ3n) is 3.50. The number of amides is 2. The topological polar surface area (TPSA) is 58.2 Å². The van der Waals surface area contributed by atoms with Gasteiger partial charge in [0.05, 0.1) is 13.1 Å². The van der Waals surface area contributed by atoms with Crippen molar-refractivity contribution < 1.29 is 9.59 Å². The van der Waals surface area contributed by atoms with Crippen molar-refractivity contribution in [2.75, 3.05) is 13.1 Å². The number of nitrogens with one attached hydrogen (secondary N) is 2. The van der Waals surface area contributed by atoms with Crippen molar-refractivity contribution in [1.82, 2.24) is 10.6 Å². The lowest BCUT2D eigenvalue weighted by Gasteiger charge is -2.29. The van der Waals surface area contributed by atoms with Gasteiger partial charge in [0.2, 0.25) is 11.8 Å². The van der Waals surface area contributed by atoms with Crippen LogP contribution in [0, 0.1) is 35.5 Å². The summed E-state index contributed by atoms with van der Waals surface area (Å²) in [6, 6.07) is 0. The van der Waals surface area contributed by atoms with E-state index >= 15 is 0 Å². The Morgan fingerprint density at radius 2 is 1.30 bits per heavy atom. The largest absolute Gasteiger partial charge is 0.345 e. The lowest BCUT2D eigenvalue weighted by molar-refractivity contribution is -0.136. The molecule has 0 aromatic rings. The van der Waals surface area contributed by atoms with E-state index in [2.05, 4.69) is 34.3 Å². The predicted molar refractivity (Wildman–Crippen MR) is 78.4 cm³/mol. The Morgan fingerprint density at radius 1 is 0.900 bits per heavy atom. The number of hydrogen-bond acceptors (Lipinski definition) is 2. The van der Waals surface area contributed by atoms with E-state index in [0.29, 0.717) is 13.1 Å². The normalized spacial score (nSPS) is 20.7. The number of carbonyl (C=O) groups excluding carboxylic acids is 2. The first-order valence-electron chi connectivity index (χ1n) is 7.05. The van der Waals surface area contributed by atoms with Crippen LogP contribution in [0.15, 0.2) is 0 Å². The summed E-state index contributed by atoms with van der Waals surface area (Å²) >= 11 is 0. The molecule has 1 aliphatic rings. The molecule has 108 valence electrons. The van der Waals surface area contributed by atoms with Crippen molar-refractivity contribution in [3.05, 3.63) is 0 Å². The van der Waals surface area contributed by atoms with Crippen LogP contribution < -0.4 is 10.6 Å². The third kappa shape index (κ3) is 4.97. The van der Waals surface area contributed by atoms with Crippen molar-refractivity contribution in [1.29, 1.82) is 0 Å². The molecule has 0 spiro atoms. The van der Waals surface area contributed by atoms with Crippen LogP contribution in [0.25, 0.3) is 0 Å². The van der Waals surface area contributed by atoms with E-state index in [-0.39, 0.29) is 23.7 Å². The minimum absolute atomic E-state index is 0.0609. The van der Waals surface area contributed by atoms with Crippen LogP contribution in [0.2, 0.25) is 0 Å². The van der Waals surface area contributed by atoms with E-state index in [0.717, 1.165) is 25.7 Å². The van der Waals surface area contributed by atoms with E-state index in [9.17, 15) is 9.59 Å². The molecule has 20 heavy (non-hydrogen) atoms. The highest BCUT2D eigenvalue weighted by Gasteiger charge is 2.35. The van der Waals surface area contributed by atoms with Crippen molar-refractivity contribution in [3.63, 3.8) is 0 Å². The zero-order chi connectivity index (χ0) is 14.8. The molecular weight excluding hydrogens is 252 g/mol. The summed E-state index contributed by atoms with van der Waals surface area (Å²) < 4.78 is 0. The molecule has 4 heteroatoms. The predicted octanol–water partition coefficient (Wildman–Crippen LogP) is 1.07. The van der Waals surface area contributed by atoms with E-state index in [4.69, 9.17) is 0 Å². The summed E-state index contributed by atoms with van der Waals surface area (Å²) in [4.78, 5) is 24.3. The molecule has 1 rings (SSSR count). The average Bonchev–Trinajstić information content (AvgIpc) is 2.47. The molecule has 1 saturated carbocycles. The van der Waals surface area contributed by atoms with Crippen molar-refractivity contribution in [2.45, 2.75) is 39.5 Å². The Balaban J connectivity index is 2.59. The Hall–Kier alpha value is -1.94. The quantitative estimate of drug-likeness (QED) is 0.754. The third-order valence-corrected chi connectivity index (χ3v) is 3.50. The molecule has 0 unspecified atom stereocenters. The number of rotatable bonds is 4. The average molecular weight is 274 g/mol. The molecule has 0 radical (unpaired) electrons. The molecule has 2 N–H and O–H groups in total. The second-order valence-electron chi connectivity index (χ2n) is 4.79. The summed E-state index contributed by atoms with van der Waals surface area (Å²) in [7, 11) is 0. The van der Waals surface area contributed by atoms with Crippen LogP contribution in [0.4, 0.5) is 0 Å². The molecule has 0 saturated heterocycles. The van der Waals surface area contributed by atoms with Crippen molar-refractivity contribution in [3.8, 4) is 23.7 Å². The highest BCUT2D eigenvalue weighted by molar-refractivity contribution is 5.88. The zero-order valence-electron chi connectivity index (χ0n) is 12.2. The minimum atomic E-state index is -0.239. The number of carbonyl (C=O) groups is 2. The van der Waals surface area contributed by atoms with Crippen LogP contribution in [-0.2, 0) is 9.59 Å². The van der Waals surface area contributed by atoms with Gasteiger partial charge in [-0.3, -0.25) is 9.59 Å². The van der Waals surface area contributed by atoms with Gasteiger partial charge in [-0.05, 0) is 26.7 Å². The van der Waals surface area contributed by atoms with Gasteiger partial charge in [0.25, 0.3) is 0 Å². The molecule has 0 aromatic carbocycles. The van der Waals surface area contributed by atoms with E-state index < -0.39 is 0 Å². The van der Waals surface area contributed by atoms with E-state index in [1.165, 1.54) is 0 Å². The van der Waals surface area contributed by atoms with Gasteiger partial charge in [0.15, 0.2) is 0 Å². The van der Waals surface area contributed by atoms with Gasteiger partial charge in [0, 0.05) is 11.8 Å². The standard InChI is InChI=1S/C16H22N2O2/c1-3-5-11-17-15(19)13-9-7-8-10-14(13)16(20)18-12-6-4-2/h13-14H,7-12H2,1-2H3,(H,17,19)(H,18,20)/t13-,14-/m1/s1. The van der Waals surface area contributed by atoms with Crippen molar-refractivity contribution in [2.24, 2.45) is 11.8 Å². The fourth-order valence-corrected chi connectivity index (χ4v) is 2.46. The fraction of sp³-hybridized carbons (Fsp3) is 0.625. The molecule has 0 heterocycles. The molecule has 1 aliphatic carbocycles. The lowest BCUT2D eigenvalue weighted by Crippen LogP contribution is -2.44. The van der Waals surface area contributed by atoms with Crippen LogP contribution in [0.3, 0.4) is 0 Å². The highest BCUT2D eigenvalue weighted by Crippen LogP contribution is 2.30. The van der Waals surface area contributed by atoms with E-state index in [1.807, 2.05) is 0 Å². The lowest BCUT2D eigenvalue weighted by atomic mass is 9.78. The van der Waals surface area contributed by atoms with Gasteiger partial charge >= 0.3 is 0 Å². The first-order chi connectivity index (χ1) is 9.70. The SMILES string of the molecule is CC#CCNC(=O)[C@@H]1CCCC[C@H]1C(=O)NCC#CC. The summed E-state index contributed by atoms with van der Waals surface area (Å²) in [5.74, 6) is 10.5. The molecular formula is C16H22N2O2. The summed E-state index contributed by atoms with van der Waals surface area (Å²) in [6.07, 6.45) is 3.53. The molecule has 0 bridgehead atoms. The Bertz CT molecular complexity index is 418. The number of hydrogen-bond donors (Lipinski definition) is 2. The molecule has 0 aromatic heterocycles. The second kappa shape index (κ2) is 9.04. The monoisotopic (exact) mass is 274 g/mol. The minimum Gasteiger partial charge on any atom is -0.345 e. The van der Waals surface area contributed by atoms with Gasteiger partial charge in [-0.15, -0.1) is 11.8 Å². The van der Waals surface area contributed by atoms with Crippen LogP contribution in [-0.4, -0.2) is 24.9 Å². The Kier molecular flexibility index (Phi) is 7.29. The first kappa shape index (κ1) is 16.1. The summed E-state index contributed by atoms with van der Waals surface area (Å²) in [5.41, 5.74) is 0. The van der Waals surface area contributed by atoms with Gasteiger partial charge in [0.1, 0.15) is 0 Å². The molecule has 1 fully saturated rings. The van der Waals surface area contributed by atoms with Crippen molar-refractivity contribution >= 4 is 11.8 Å². The van der Waals surface area contributed by atoms with Gasteiger partial charge in [-0.25, -0.2) is 0 Å². The maximum absolute atomic E-state index is 12.1. The van der Waals surface area contributed by atoms with Crippen LogP contribution in [0.1, 0.15) is 39.5 Å². The van der Waals surface area contributed by atoms with E-state index in [1.54, 1.807) is 13.8 Å². The molecule has 0 aliphatic heterocycles. The highest BCUT2D eigenvalue weighted by atomic mass is 16.2. The Morgan fingerprint density at radius 3 is 1.65 bits per heavy atom. The summed E-state index contributed by atoms with van der Waals surface area (Å²) in [6.45, 7) is 4.17. The maximum atomic E-state index is 12.1. The first-order valence-corrected chi connectivity index (χ1v) is 7.05. The van der Waals surface area contributed by atoms with Gasteiger partial charge < -0.3 is 10.6 Å². The van der Waals surface area contributed by atoms with Gasteiger partial charge in [-0.1, -0.05) is 24.7 Å². The Labute approximate surface area is 121 Å². The smallest absolute Gasteiger partial charge is 0.224 e. The summed E-state index contributed by atoms with van der Waals surface area (Å²) in [5, 5.41) is 5.57. The maximum Gasteiger partial charge on any atom is 0.224 e. The molecule has 2 amide bonds. The van der Waals surface area contributed by atoms with Gasteiger partial charge in [-0.2, -0.15) is 0 Å². The zero-order valence-corrected chi connectivity index (χ0v) is 12.2.